The molecule has 3 rings (SSSR count). The van der Waals surface area contributed by atoms with E-state index in [1.807, 2.05) is 12.1 Å². The molecule has 19 heavy (non-hydrogen) atoms. The summed E-state index contributed by atoms with van der Waals surface area (Å²) in [5, 5.41) is 9.70. The molecule has 4 heteroatoms. The molecule has 2 aliphatic heterocycles. The molecular formula is C15H18BrNO2. The quantitative estimate of drug-likeness (QED) is 0.908. The molecule has 0 bridgehead atoms. The molecule has 2 aliphatic rings. The molecule has 0 aliphatic carbocycles. The fourth-order valence-corrected chi connectivity index (χ4v) is 3.13. The monoisotopic (exact) mass is 323 g/mol. The number of fused-ring (bicyclic) bond motifs is 1. The second-order valence-corrected chi connectivity index (χ2v) is 6.22. The average Bonchev–Trinajstić information content (AvgIpc) is 2.38. The lowest BCUT2D eigenvalue weighted by Crippen LogP contribution is -2.39. The van der Waals surface area contributed by atoms with Crippen LogP contribution in [0.1, 0.15) is 18.4 Å². The van der Waals surface area contributed by atoms with Crippen molar-refractivity contribution in [3.8, 4) is 5.75 Å². The molecule has 0 amide bonds. The smallest absolute Gasteiger partial charge is 0.127 e. The van der Waals surface area contributed by atoms with E-state index in [0.717, 1.165) is 48.3 Å². The Hall–Kier alpha value is -0.840. The number of hydrogen-bond acceptors (Lipinski definition) is 3. The molecule has 0 spiro atoms. The highest BCUT2D eigenvalue weighted by molar-refractivity contribution is 9.10. The number of likely N-dealkylation sites (tertiary alicyclic amines) is 1. The number of rotatable bonds is 2. The topological polar surface area (TPSA) is 32.7 Å². The minimum atomic E-state index is -0.166. The van der Waals surface area contributed by atoms with E-state index in [2.05, 4.69) is 33.0 Å². The molecule has 1 saturated heterocycles. The summed E-state index contributed by atoms with van der Waals surface area (Å²) in [4.78, 5) is 2.31. The van der Waals surface area contributed by atoms with Gasteiger partial charge < -0.3 is 9.84 Å². The molecule has 1 N–H and O–H groups in total. The fourth-order valence-electron chi connectivity index (χ4n) is 2.75. The first-order valence-electron chi connectivity index (χ1n) is 6.73. The first kappa shape index (κ1) is 13.2. The fraction of sp³-hybridized carbons (Fsp3) is 0.467. The third-order valence-electron chi connectivity index (χ3n) is 3.65. The highest BCUT2D eigenvalue weighted by atomic mass is 79.9. The lowest BCUT2D eigenvalue weighted by molar-refractivity contribution is 0.0746. The van der Waals surface area contributed by atoms with Gasteiger partial charge in [0.15, 0.2) is 0 Å². The predicted octanol–water partition coefficient (Wildman–Crippen LogP) is 2.68. The van der Waals surface area contributed by atoms with Crippen molar-refractivity contribution < 1.29 is 9.84 Å². The number of piperidine rings is 1. The zero-order valence-corrected chi connectivity index (χ0v) is 12.4. The summed E-state index contributed by atoms with van der Waals surface area (Å²) < 4.78 is 6.85. The molecular weight excluding hydrogens is 306 g/mol. The molecule has 1 aromatic rings. The highest BCUT2D eigenvalue weighted by Crippen LogP contribution is 2.29. The summed E-state index contributed by atoms with van der Waals surface area (Å²) in [6.07, 6.45) is 4.06. The number of β-amino-alcohol motifs (C(OH)–C–C–N with tert-alkyl or cyclic N) is 1. The van der Waals surface area contributed by atoms with Crippen molar-refractivity contribution in [1.82, 2.24) is 4.90 Å². The standard InChI is InChI=1S/C15H18BrNO2/c16-13-3-4-15-12(7-13)6-11(10-19-15)8-17-5-1-2-14(18)9-17/h3-4,6-7,14,18H,1-2,5,8-10H2. The summed E-state index contributed by atoms with van der Waals surface area (Å²) in [5.74, 6) is 0.950. The number of benzene rings is 1. The predicted molar refractivity (Wildman–Crippen MR) is 79.3 cm³/mol. The maximum absolute atomic E-state index is 9.70. The normalized spacial score (nSPS) is 23.5. The highest BCUT2D eigenvalue weighted by Gasteiger charge is 2.20. The van der Waals surface area contributed by atoms with Crippen LogP contribution in [0, 0.1) is 0 Å². The average molecular weight is 324 g/mol. The molecule has 1 fully saturated rings. The Morgan fingerprint density at radius 3 is 3.16 bits per heavy atom. The van der Waals surface area contributed by atoms with Crippen LogP contribution < -0.4 is 4.74 Å². The molecule has 2 heterocycles. The number of nitrogens with zero attached hydrogens (tertiary/aromatic N) is 1. The molecule has 0 radical (unpaired) electrons. The van der Waals surface area contributed by atoms with E-state index in [9.17, 15) is 5.11 Å². The van der Waals surface area contributed by atoms with Gasteiger partial charge in [0, 0.05) is 23.1 Å². The van der Waals surface area contributed by atoms with Gasteiger partial charge in [-0.05, 0) is 49.2 Å². The number of aliphatic hydroxyl groups excluding tert-OH is 1. The van der Waals surface area contributed by atoms with E-state index in [1.54, 1.807) is 0 Å². The lowest BCUT2D eigenvalue weighted by Gasteiger charge is -2.31. The van der Waals surface area contributed by atoms with Crippen molar-refractivity contribution in [3.63, 3.8) is 0 Å². The minimum Gasteiger partial charge on any atom is -0.489 e. The second kappa shape index (κ2) is 5.65. The van der Waals surface area contributed by atoms with Crippen LogP contribution in [0.5, 0.6) is 5.75 Å². The van der Waals surface area contributed by atoms with Gasteiger partial charge in [-0.3, -0.25) is 4.90 Å². The number of aliphatic hydroxyl groups is 1. The Balaban J connectivity index is 1.72. The molecule has 0 aromatic heterocycles. The van der Waals surface area contributed by atoms with Crippen molar-refractivity contribution in [1.29, 1.82) is 0 Å². The van der Waals surface area contributed by atoms with Gasteiger partial charge in [0.05, 0.1) is 6.10 Å². The Labute approximate surface area is 122 Å². The van der Waals surface area contributed by atoms with E-state index in [-0.39, 0.29) is 6.10 Å². The first-order valence-corrected chi connectivity index (χ1v) is 7.52. The third-order valence-corrected chi connectivity index (χ3v) is 4.15. The molecule has 1 aromatic carbocycles. The van der Waals surface area contributed by atoms with Gasteiger partial charge in [-0.1, -0.05) is 15.9 Å². The maximum Gasteiger partial charge on any atom is 0.127 e. The SMILES string of the molecule is OC1CCCN(CC2=Cc3cc(Br)ccc3OC2)C1. The van der Waals surface area contributed by atoms with E-state index in [4.69, 9.17) is 4.74 Å². The Morgan fingerprint density at radius 1 is 1.42 bits per heavy atom. The van der Waals surface area contributed by atoms with Gasteiger partial charge in [-0.25, -0.2) is 0 Å². The van der Waals surface area contributed by atoms with E-state index in [0.29, 0.717) is 6.61 Å². The van der Waals surface area contributed by atoms with Crippen molar-refractivity contribution in [3.05, 3.63) is 33.8 Å². The van der Waals surface area contributed by atoms with Crippen LogP contribution >= 0.6 is 15.9 Å². The van der Waals surface area contributed by atoms with Crippen molar-refractivity contribution in [2.45, 2.75) is 18.9 Å². The van der Waals surface area contributed by atoms with E-state index in [1.165, 1.54) is 5.57 Å². The first-order chi connectivity index (χ1) is 9.20. The third kappa shape index (κ3) is 3.19. The van der Waals surface area contributed by atoms with Crippen LogP contribution in [0.4, 0.5) is 0 Å². The molecule has 0 saturated carbocycles. The van der Waals surface area contributed by atoms with Crippen LogP contribution in [0.25, 0.3) is 6.08 Å². The van der Waals surface area contributed by atoms with Gasteiger partial charge in [-0.2, -0.15) is 0 Å². The zero-order chi connectivity index (χ0) is 13.2. The van der Waals surface area contributed by atoms with E-state index >= 15 is 0 Å². The molecule has 1 atom stereocenters. The van der Waals surface area contributed by atoms with Crippen molar-refractivity contribution >= 4 is 22.0 Å². The van der Waals surface area contributed by atoms with Gasteiger partial charge >= 0.3 is 0 Å². The van der Waals surface area contributed by atoms with Crippen molar-refractivity contribution in [2.24, 2.45) is 0 Å². The summed E-state index contributed by atoms with van der Waals surface area (Å²) >= 11 is 3.49. The van der Waals surface area contributed by atoms with Gasteiger partial charge in [0.25, 0.3) is 0 Å². The van der Waals surface area contributed by atoms with Crippen LogP contribution in [0.15, 0.2) is 28.2 Å². The van der Waals surface area contributed by atoms with E-state index < -0.39 is 0 Å². The second-order valence-electron chi connectivity index (χ2n) is 5.30. The number of ether oxygens (including phenoxy) is 1. The Kier molecular flexibility index (Phi) is 3.91. The summed E-state index contributed by atoms with van der Waals surface area (Å²) in [7, 11) is 0. The largest absolute Gasteiger partial charge is 0.489 e. The summed E-state index contributed by atoms with van der Waals surface area (Å²) in [6.45, 7) is 3.40. The molecule has 3 nitrogen and oxygen atoms in total. The molecule has 102 valence electrons. The van der Waals surface area contributed by atoms with Crippen LogP contribution in [-0.4, -0.2) is 42.4 Å². The van der Waals surface area contributed by atoms with Gasteiger partial charge in [-0.15, -0.1) is 0 Å². The summed E-state index contributed by atoms with van der Waals surface area (Å²) in [6, 6.07) is 6.08. The van der Waals surface area contributed by atoms with Crippen molar-refractivity contribution in [2.75, 3.05) is 26.2 Å². The van der Waals surface area contributed by atoms with Crippen LogP contribution in [0.3, 0.4) is 0 Å². The van der Waals surface area contributed by atoms with Gasteiger partial charge in [0.1, 0.15) is 12.4 Å². The summed E-state index contributed by atoms with van der Waals surface area (Å²) in [5.41, 5.74) is 2.41. The van der Waals surface area contributed by atoms with Gasteiger partial charge in [0.2, 0.25) is 0 Å². The Bertz CT molecular complexity index is 501. The lowest BCUT2D eigenvalue weighted by atomic mass is 10.0. The van der Waals surface area contributed by atoms with Crippen LogP contribution in [0.2, 0.25) is 0 Å². The number of hydrogen-bond donors (Lipinski definition) is 1. The molecule has 1 unspecified atom stereocenters. The minimum absolute atomic E-state index is 0.166. The van der Waals surface area contributed by atoms with Crippen LogP contribution in [-0.2, 0) is 0 Å². The Morgan fingerprint density at radius 2 is 2.32 bits per heavy atom. The number of halogens is 1. The zero-order valence-electron chi connectivity index (χ0n) is 10.8. The maximum atomic E-state index is 9.70.